The average Bonchev–Trinajstić information content (AvgIpc) is 2.41. The summed E-state index contributed by atoms with van der Waals surface area (Å²) < 4.78 is 0. The third kappa shape index (κ3) is 3.10. The van der Waals surface area contributed by atoms with Gasteiger partial charge in [-0.2, -0.15) is 0 Å². The van der Waals surface area contributed by atoms with E-state index in [9.17, 15) is 0 Å². The molecule has 0 N–H and O–H groups in total. The SMILES string of the molecule is Cc1ccc(CN(C)c2ncccc2CBr)cc1. The maximum atomic E-state index is 4.46. The Balaban J connectivity index is 2.16. The van der Waals surface area contributed by atoms with Gasteiger partial charge in [0.15, 0.2) is 0 Å². The van der Waals surface area contributed by atoms with E-state index in [1.807, 2.05) is 12.3 Å². The van der Waals surface area contributed by atoms with E-state index in [0.717, 1.165) is 17.7 Å². The lowest BCUT2D eigenvalue weighted by Gasteiger charge is -2.20. The number of rotatable bonds is 4. The van der Waals surface area contributed by atoms with E-state index >= 15 is 0 Å². The second kappa shape index (κ2) is 6.01. The Morgan fingerprint density at radius 2 is 1.89 bits per heavy atom. The molecule has 0 bridgehead atoms. The van der Waals surface area contributed by atoms with Gasteiger partial charge in [0.25, 0.3) is 0 Å². The third-order valence-corrected chi connectivity index (χ3v) is 3.52. The van der Waals surface area contributed by atoms with Crippen molar-refractivity contribution in [1.29, 1.82) is 0 Å². The summed E-state index contributed by atoms with van der Waals surface area (Å²) in [5.41, 5.74) is 3.81. The zero-order valence-corrected chi connectivity index (χ0v) is 12.3. The van der Waals surface area contributed by atoms with Crippen LogP contribution in [-0.4, -0.2) is 12.0 Å². The molecule has 2 rings (SSSR count). The molecule has 1 heterocycles. The highest BCUT2D eigenvalue weighted by Gasteiger charge is 2.07. The molecule has 0 aliphatic heterocycles. The van der Waals surface area contributed by atoms with Gasteiger partial charge in [0.2, 0.25) is 0 Å². The molecule has 0 atom stereocenters. The summed E-state index contributed by atoms with van der Waals surface area (Å²) >= 11 is 3.50. The van der Waals surface area contributed by atoms with Crippen LogP contribution in [0.4, 0.5) is 5.82 Å². The van der Waals surface area contributed by atoms with Crippen LogP contribution < -0.4 is 4.90 Å². The van der Waals surface area contributed by atoms with Crippen molar-refractivity contribution in [3.05, 3.63) is 59.3 Å². The van der Waals surface area contributed by atoms with Crippen molar-refractivity contribution >= 4 is 21.7 Å². The van der Waals surface area contributed by atoms with Crippen LogP contribution in [0.15, 0.2) is 42.6 Å². The Morgan fingerprint density at radius 1 is 1.17 bits per heavy atom. The van der Waals surface area contributed by atoms with E-state index in [0.29, 0.717) is 0 Å². The minimum atomic E-state index is 0.828. The van der Waals surface area contributed by atoms with E-state index in [1.165, 1.54) is 16.7 Å². The van der Waals surface area contributed by atoms with Gasteiger partial charge in [0.05, 0.1) is 0 Å². The normalized spacial score (nSPS) is 10.4. The fraction of sp³-hybridized carbons (Fsp3) is 0.267. The minimum Gasteiger partial charge on any atom is -0.355 e. The largest absolute Gasteiger partial charge is 0.355 e. The van der Waals surface area contributed by atoms with Crippen LogP contribution >= 0.6 is 15.9 Å². The number of anilines is 1. The van der Waals surface area contributed by atoms with Crippen LogP contribution in [-0.2, 0) is 11.9 Å². The van der Waals surface area contributed by atoms with Crippen molar-refractivity contribution in [2.24, 2.45) is 0 Å². The maximum absolute atomic E-state index is 4.46. The van der Waals surface area contributed by atoms with Crippen molar-refractivity contribution in [2.75, 3.05) is 11.9 Å². The van der Waals surface area contributed by atoms with Gasteiger partial charge in [-0.05, 0) is 18.6 Å². The Hall–Kier alpha value is -1.35. The smallest absolute Gasteiger partial charge is 0.132 e. The Kier molecular flexibility index (Phi) is 4.37. The molecule has 0 spiro atoms. The van der Waals surface area contributed by atoms with E-state index in [1.54, 1.807) is 0 Å². The van der Waals surface area contributed by atoms with E-state index < -0.39 is 0 Å². The van der Waals surface area contributed by atoms with Crippen molar-refractivity contribution in [3.63, 3.8) is 0 Å². The van der Waals surface area contributed by atoms with Gasteiger partial charge in [0, 0.05) is 30.7 Å². The number of hydrogen-bond acceptors (Lipinski definition) is 2. The van der Waals surface area contributed by atoms with Crippen molar-refractivity contribution in [3.8, 4) is 0 Å². The van der Waals surface area contributed by atoms with Crippen molar-refractivity contribution in [2.45, 2.75) is 18.8 Å². The molecule has 0 aliphatic carbocycles. The summed E-state index contributed by atoms with van der Waals surface area (Å²) in [6, 6.07) is 12.7. The Morgan fingerprint density at radius 3 is 2.56 bits per heavy atom. The average molecular weight is 305 g/mol. The molecule has 0 radical (unpaired) electrons. The van der Waals surface area contributed by atoms with Crippen molar-refractivity contribution < 1.29 is 0 Å². The van der Waals surface area contributed by atoms with Crippen LogP contribution in [0.25, 0.3) is 0 Å². The maximum Gasteiger partial charge on any atom is 0.132 e. The molecule has 0 saturated carbocycles. The van der Waals surface area contributed by atoms with E-state index in [2.05, 4.69) is 70.1 Å². The monoisotopic (exact) mass is 304 g/mol. The summed E-state index contributed by atoms with van der Waals surface area (Å²) in [5, 5.41) is 0.828. The molecular weight excluding hydrogens is 288 g/mol. The first-order valence-electron chi connectivity index (χ1n) is 5.97. The van der Waals surface area contributed by atoms with E-state index in [4.69, 9.17) is 0 Å². The second-order valence-corrected chi connectivity index (χ2v) is 5.02. The predicted molar refractivity (Wildman–Crippen MR) is 80.2 cm³/mol. The molecule has 18 heavy (non-hydrogen) atoms. The highest BCUT2D eigenvalue weighted by molar-refractivity contribution is 9.08. The van der Waals surface area contributed by atoms with Crippen molar-refractivity contribution in [1.82, 2.24) is 4.98 Å². The predicted octanol–water partition coefficient (Wildman–Crippen LogP) is 3.92. The lowest BCUT2D eigenvalue weighted by molar-refractivity contribution is 0.889. The number of pyridine rings is 1. The first-order chi connectivity index (χ1) is 8.70. The van der Waals surface area contributed by atoms with Gasteiger partial charge in [-0.1, -0.05) is 51.8 Å². The molecule has 0 amide bonds. The topological polar surface area (TPSA) is 16.1 Å². The van der Waals surface area contributed by atoms with Gasteiger partial charge in [-0.25, -0.2) is 4.98 Å². The minimum absolute atomic E-state index is 0.828. The van der Waals surface area contributed by atoms with Gasteiger partial charge in [-0.3, -0.25) is 0 Å². The molecule has 0 saturated heterocycles. The Bertz CT molecular complexity index is 508. The number of aromatic nitrogens is 1. The summed E-state index contributed by atoms with van der Waals surface area (Å²) in [7, 11) is 2.08. The number of benzene rings is 1. The number of hydrogen-bond donors (Lipinski definition) is 0. The second-order valence-electron chi connectivity index (χ2n) is 4.46. The highest BCUT2D eigenvalue weighted by Crippen LogP contribution is 2.20. The number of halogens is 1. The highest BCUT2D eigenvalue weighted by atomic mass is 79.9. The quantitative estimate of drug-likeness (QED) is 0.796. The molecule has 0 aliphatic rings. The zero-order valence-electron chi connectivity index (χ0n) is 10.7. The first kappa shape index (κ1) is 13.1. The molecule has 3 heteroatoms. The molecule has 94 valence electrons. The lowest BCUT2D eigenvalue weighted by atomic mass is 10.1. The fourth-order valence-electron chi connectivity index (χ4n) is 1.92. The summed E-state index contributed by atoms with van der Waals surface area (Å²) in [6.45, 7) is 2.98. The summed E-state index contributed by atoms with van der Waals surface area (Å²) in [5.74, 6) is 1.04. The summed E-state index contributed by atoms with van der Waals surface area (Å²) in [6.07, 6.45) is 1.84. The Labute approximate surface area is 117 Å². The number of alkyl halides is 1. The summed E-state index contributed by atoms with van der Waals surface area (Å²) in [4.78, 5) is 6.64. The van der Waals surface area contributed by atoms with Gasteiger partial charge < -0.3 is 4.90 Å². The van der Waals surface area contributed by atoms with Gasteiger partial charge in [0.1, 0.15) is 5.82 Å². The molecule has 1 aromatic heterocycles. The molecule has 1 aromatic carbocycles. The molecule has 2 aromatic rings. The first-order valence-corrected chi connectivity index (χ1v) is 7.09. The van der Waals surface area contributed by atoms with Gasteiger partial charge in [-0.15, -0.1) is 0 Å². The lowest BCUT2D eigenvalue weighted by Crippen LogP contribution is -2.19. The molecule has 2 nitrogen and oxygen atoms in total. The standard InChI is InChI=1S/C15H17BrN2/c1-12-5-7-13(8-6-12)11-18(2)15-14(10-16)4-3-9-17-15/h3-9H,10-11H2,1-2H3. The van der Waals surface area contributed by atoms with E-state index in [-0.39, 0.29) is 0 Å². The molecule has 0 unspecified atom stereocenters. The fourth-order valence-corrected chi connectivity index (χ4v) is 2.36. The van der Waals surface area contributed by atoms with Crippen LogP contribution in [0.3, 0.4) is 0 Å². The third-order valence-electron chi connectivity index (χ3n) is 2.91. The van der Waals surface area contributed by atoms with Crippen LogP contribution in [0.2, 0.25) is 0 Å². The van der Waals surface area contributed by atoms with Crippen LogP contribution in [0, 0.1) is 6.92 Å². The van der Waals surface area contributed by atoms with Crippen LogP contribution in [0.1, 0.15) is 16.7 Å². The molecule has 0 fully saturated rings. The number of aryl methyl sites for hydroxylation is 1. The zero-order chi connectivity index (χ0) is 13.0. The van der Waals surface area contributed by atoms with Crippen LogP contribution in [0.5, 0.6) is 0 Å². The molecular formula is C15H17BrN2. The number of nitrogens with zero attached hydrogens (tertiary/aromatic N) is 2. The van der Waals surface area contributed by atoms with Gasteiger partial charge >= 0.3 is 0 Å².